The Balaban J connectivity index is 1.53. The van der Waals surface area contributed by atoms with E-state index in [0.717, 1.165) is 37.8 Å². The van der Waals surface area contributed by atoms with Crippen LogP contribution in [0.4, 0.5) is 15.9 Å². The van der Waals surface area contributed by atoms with E-state index in [4.69, 9.17) is 9.47 Å². The van der Waals surface area contributed by atoms with Gasteiger partial charge in [0.25, 0.3) is 0 Å². The van der Waals surface area contributed by atoms with Crippen molar-refractivity contribution < 1.29 is 14.3 Å². The number of hydrogen-bond donors (Lipinski definition) is 1. The van der Waals surface area contributed by atoms with Crippen molar-refractivity contribution in [2.75, 3.05) is 36.5 Å². The van der Waals surface area contributed by atoms with E-state index < -0.39 is 11.7 Å². The molecule has 2 saturated heterocycles. The van der Waals surface area contributed by atoms with E-state index in [9.17, 15) is 4.79 Å². The molecule has 110 valence electrons. The average Bonchev–Trinajstić information content (AvgIpc) is 2.58. The Morgan fingerprint density at radius 1 is 1.45 bits per heavy atom. The van der Waals surface area contributed by atoms with E-state index in [1.54, 1.807) is 0 Å². The second-order valence-corrected chi connectivity index (χ2v) is 7.13. The number of carbonyl (C=O) groups excluding carboxylic acids is 1. The molecule has 1 spiro atoms. The number of nitrogens with one attached hydrogen (secondary N) is 1. The summed E-state index contributed by atoms with van der Waals surface area (Å²) in [6.07, 6.45) is -0.507. The van der Waals surface area contributed by atoms with Gasteiger partial charge in [0.1, 0.15) is 5.60 Å². The third-order valence-electron chi connectivity index (χ3n) is 3.18. The maximum atomic E-state index is 11.6. The molecule has 0 saturated carbocycles. The molecule has 2 aliphatic rings. The fraction of sp³-hybridized carbons (Fsp3) is 0.750. The fourth-order valence-corrected chi connectivity index (χ4v) is 2.84. The van der Waals surface area contributed by atoms with Gasteiger partial charge >= 0.3 is 6.09 Å². The molecule has 1 aromatic heterocycles. The maximum Gasteiger partial charge on any atom is 0.414 e. The molecule has 8 heteroatoms. The summed E-state index contributed by atoms with van der Waals surface area (Å²) in [7, 11) is 0. The van der Waals surface area contributed by atoms with Crippen molar-refractivity contribution in [3.05, 3.63) is 0 Å². The predicted octanol–water partition coefficient (Wildman–Crippen LogP) is 1.72. The van der Waals surface area contributed by atoms with Crippen LogP contribution in [0.15, 0.2) is 0 Å². The lowest BCUT2D eigenvalue weighted by Crippen LogP contribution is -2.66. The number of ether oxygens (including phenoxy) is 2. The molecule has 0 radical (unpaired) electrons. The van der Waals surface area contributed by atoms with E-state index >= 15 is 0 Å². The van der Waals surface area contributed by atoms with Crippen LogP contribution in [0, 0.1) is 5.41 Å². The summed E-state index contributed by atoms with van der Waals surface area (Å²) in [6.45, 7) is 8.97. The van der Waals surface area contributed by atoms with Crippen molar-refractivity contribution in [2.45, 2.75) is 26.4 Å². The molecule has 7 nitrogen and oxygen atoms in total. The number of anilines is 2. The number of hydrogen-bond acceptors (Lipinski definition) is 7. The second kappa shape index (κ2) is 4.56. The first kappa shape index (κ1) is 13.6. The fourth-order valence-electron chi connectivity index (χ4n) is 2.26. The molecule has 3 heterocycles. The van der Waals surface area contributed by atoms with Gasteiger partial charge in [0, 0.05) is 24.6 Å². The van der Waals surface area contributed by atoms with Gasteiger partial charge in [-0.2, -0.15) is 9.36 Å². The first-order chi connectivity index (χ1) is 9.35. The zero-order valence-corrected chi connectivity index (χ0v) is 12.6. The minimum Gasteiger partial charge on any atom is -0.444 e. The van der Waals surface area contributed by atoms with Crippen LogP contribution in [0.3, 0.4) is 0 Å². The van der Waals surface area contributed by atoms with E-state index in [0.29, 0.717) is 16.5 Å². The first-order valence-electron chi connectivity index (χ1n) is 6.52. The molecule has 20 heavy (non-hydrogen) atoms. The van der Waals surface area contributed by atoms with Crippen molar-refractivity contribution >= 4 is 28.7 Å². The van der Waals surface area contributed by atoms with Crippen LogP contribution in [0.5, 0.6) is 0 Å². The molecule has 0 unspecified atom stereocenters. The summed E-state index contributed by atoms with van der Waals surface area (Å²) < 4.78 is 14.7. The summed E-state index contributed by atoms with van der Waals surface area (Å²) in [6, 6.07) is 0. The standard InChI is InChI=1S/C12H18N4O3S/c1-11(2,3)19-10(17)14-9-13-8(15-20-9)16-4-12(5-16)6-18-7-12/h4-7H2,1-3H3,(H,13,14,15,17). The Labute approximate surface area is 121 Å². The van der Waals surface area contributed by atoms with Crippen molar-refractivity contribution in [3.63, 3.8) is 0 Å². The van der Waals surface area contributed by atoms with Gasteiger partial charge in [0.05, 0.1) is 18.6 Å². The number of rotatable bonds is 2. The molecular formula is C12H18N4O3S. The van der Waals surface area contributed by atoms with Gasteiger partial charge in [0.2, 0.25) is 11.1 Å². The number of carbonyl (C=O) groups is 1. The van der Waals surface area contributed by atoms with Crippen molar-refractivity contribution in [3.8, 4) is 0 Å². The Bertz CT molecular complexity index is 513. The van der Waals surface area contributed by atoms with E-state index in [-0.39, 0.29) is 0 Å². The molecule has 1 aromatic rings. The van der Waals surface area contributed by atoms with Gasteiger partial charge in [-0.1, -0.05) is 0 Å². The maximum absolute atomic E-state index is 11.6. The van der Waals surface area contributed by atoms with Crippen LogP contribution < -0.4 is 10.2 Å². The molecule has 1 amide bonds. The highest BCUT2D eigenvalue weighted by atomic mass is 32.1. The molecule has 2 fully saturated rings. The molecule has 3 rings (SSSR count). The van der Waals surface area contributed by atoms with Gasteiger partial charge in [0.15, 0.2) is 0 Å². The lowest BCUT2D eigenvalue weighted by atomic mass is 9.78. The number of nitrogens with zero attached hydrogens (tertiary/aromatic N) is 3. The normalized spacial score (nSPS) is 20.2. The smallest absolute Gasteiger partial charge is 0.414 e. The lowest BCUT2D eigenvalue weighted by molar-refractivity contribution is -0.127. The highest BCUT2D eigenvalue weighted by Gasteiger charge is 2.50. The molecule has 0 aromatic carbocycles. The predicted molar refractivity (Wildman–Crippen MR) is 75.2 cm³/mol. The Morgan fingerprint density at radius 3 is 2.70 bits per heavy atom. The minimum atomic E-state index is -0.522. The van der Waals surface area contributed by atoms with Crippen molar-refractivity contribution in [2.24, 2.45) is 5.41 Å². The zero-order valence-electron chi connectivity index (χ0n) is 11.8. The van der Waals surface area contributed by atoms with Crippen molar-refractivity contribution in [1.29, 1.82) is 0 Å². The minimum absolute atomic E-state index is 0.323. The summed E-state index contributed by atoms with van der Waals surface area (Å²) in [5, 5.41) is 3.06. The Kier molecular flexibility index (Phi) is 3.09. The largest absolute Gasteiger partial charge is 0.444 e. The van der Waals surface area contributed by atoms with Crippen LogP contribution >= 0.6 is 11.5 Å². The highest BCUT2D eigenvalue weighted by molar-refractivity contribution is 7.10. The summed E-state index contributed by atoms with van der Waals surface area (Å²) in [5.41, 5.74) is -0.199. The van der Waals surface area contributed by atoms with Gasteiger partial charge in [-0.3, -0.25) is 5.32 Å². The lowest BCUT2D eigenvalue weighted by Gasteiger charge is -2.54. The van der Waals surface area contributed by atoms with Gasteiger partial charge in [-0.25, -0.2) is 4.79 Å². The molecular weight excluding hydrogens is 280 g/mol. The SMILES string of the molecule is CC(C)(C)OC(=O)Nc1nc(N2CC3(COC3)C2)ns1. The first-order valence-corrected chi connectivity index (χ1v) is 7.29. The quantitative estimate of drug-likeness (QED) is 0.896. The van der Waals surface area contributed by atoms with E-state index in [1.165, 1.54) is 0 Å². The van der Waals surface area contributed by atoms with Crippen LogP contribution in [-0.4, -0.2) is 47.4 Å². The van der Waals surface area contributed by atoms with Gasteiger partial charge < -0.3 is 14.4 Å². The Hall–Kier alpha value is -1.41. The molecule has 0 aliphatic carbocycles. The molecule has 2 aliphatic heterocycles. The van der Waals surface area contributed by atoms with E-state index in [1.807, 2.05) is 20.8 Å². The number of amides is 1. The van der Waals surface area contributed by atoms with Crippen LogP contribution in [0.2, 0.25) is 0 Å². The third kappa shape index (κ3) is 2.71. The summed E-state index contributed by atoms with van der Waals surface area (Å²) >= 11 is 1.16. The van der Waals surface area contributed by atoms with Crippen LogP contribution in [0.25, 0.3) is 0 Å². The topological polar surface area (TPSA) is 76.6 Å². The van der Waals surface area contributed by atoms with Crippen molar-refractivity contribution in [1.82, 2.24) is 9.36 Å². The molecule has 0 bridgehead atoms. The highest BCUT2D eigenvalue weighted by Crippen LogP contribution is 2.39. The van der Waals surface area contributed by atoms with Crippen LogP contribution in [0.1, 0.15) is 20.8 Å². The summed E-state index contributed by atoms with van der Waals surface area (Å²) in [4.78, 5) is 18.0. The van der Waals surface area contributed by atoms with Gasteiger partial charge in [-0.15, -0.1) is 0 Å². The monoisotopic (exact) mass is 298 g/mol. The van der Waals surface area contributed by atoms with Crippen LogP contribution in [-0.2, 0) is 9.47 Å². The third-order valence-corrected chi connectivity index (χ3v) is 3.80. The number of aromatic nitrogens is 2. The molecule has 1 N–H and O–H groups in total. The average molecular weight is 298 g/mol. The zero-order chi connectivity index (χ0) is 14.4. The summed E-state index contributed by atoms with van der Waals surface area (Å²) in [5.74, 6) is 0.665. The van der Waals surface area contributed by atoms with E-state index in [2.05, 4.69) is 19.6 Å². The Morgan fingerprint density at radius 2 is 2.15 bits per heavy atom. The molecule has 0 atom stereocenters. The van der Waals surface area contributed by atoms with Gasteiger partial charge in [-0.05, 0) is 20.8 Å². The second-order valence-electron chi connectivity index (χ2n) is 6.38.